The second kappa shape index (κ2) is 2.26. The molecule has 44 valence electrons. The predicted octanol–water partition coefficient (Wildman–Crippen LogP) is 0.0957. The first-order chi connectivity index (χ1) is 3.93. The Labute approximate surface area is 48.0 Å². The van der Waals surface area contributed by atoms with Crippen molar-refractivity contribution in [2.75, 3.05) is 7.05 Å². The monoisotopic (exact) mass is 112 g/mol. The van der Waals surface area contributed by atoms with Crippen molar-refractivity contribution in [3.05, 3.63) is 24.2 Å². The fourth-order valence-electron chi connectivity index (χ4n) is 0.441. The van der Waals surface area contributed by atoms with Crippen molar-refractivity contribution in [2.24, 2.45) is 0 Å². The van der Waals surface area contributed by atoms with Crippen molar-refractivity contribution in [2.45, 2.75) is 0 Å². The van der Waals surface area contributed by atoms with E-state index in [2.05, 4.69) is 10.8 Å². The Morgan fingerprint density at radius 3 is 3.00 bits per heavy atom. The second-order valence-corrected chi connectivity index (χ2v) is 1.38. The van der Waals surface area contributed by atoms with Crippen LogP contribution in [-0.4, -0.2) is 7.05 Å². The van der Waals surface area contributed by atoms with E-state index in [1.165, 1.54) is 0 Å². The zero-order valence-electron chi connectivity index (χ0n) is 4.64. The topological polar surface area (TPSA) is 33.3 Å². The summed E-state index contributed by atoms with van der Waals surface area (Å²) in [6.07, 6.45) is 5.26. The molecule has 0 aromatic rings. The van der Waals surface area contributed by atoms with E-state index < -0.39 is 0 Å². The molecule has 3 heteroatoms. The molecule has 1 heterocycles. The Bertz CT molecular complexity index is 128. The Hall–Kier alpha value is -1.12. The minimum Gasteiger partial charge on any atom is -0.389 e. The van der Waals surface area contributed by atoms with Crippen LogP contribution in [0.1, 0.15) is 0 Å². The second-order valence-electron chi connectivity index (χ2n) is 1.38. The normalized spacial score (nSPS) is 15.9. The molecule has 0 aliphatic carbocycles. The van der Waals surface area contributed by atoms with Gasteiger partial charge in [-0.05, 0) is 12.2 Å². The van der Waals surface area contributed by atoms with E-state index in [1.807, 2.05) is 19.2 Å². The molecule has 1 aliphatic heterocycles. The van der Waals surface area contributed by atoms with Crippen molar-refractivity contribution >= 4 is 0 Å². The summed E-state index contributed by atoms with van der Waals surface area (Å²) in [6.45, 7) is 0. The summed E-state index contributed by atoms with van der Waals surface area (Å²) in [6, 6.07) is 0. The third-order valence-electron chi connectivity index (χ3n) is 0.848. The van der Waals surface area contributed by atoms with Gasteiger partial charge in [0, 0.05) is 7.05 Å². The minimum absolute atomic E-state index is 0.868. The summed E-state index contributed by atoms with van der Waals surface area (Å²) in [5.74, 6) is 0.868. The molecule has 0 aromatic carbocycles. The van der Waals surface area contributed by atoms with Crippen molar-refractivity contribution in [1.82, 2.24) is 10.8 Å². The number of hydroxylamine groups is 1. The van der Waals surface area contributed by atoms with Crippen molar-refractivity contribution in [3.63, 3.8) is 0 Å². The van der Waals surface area contributed by atoms with Crippen LogP contribution in [0, 0.1) is 0 Å². The quantitative estimate of drug-likeness (QED) is 0.504. The molecule has 0 aromatic heterocycles. The highest BCUT2D eigenvalue weighted by Crippen LogP contribution is 1.90. The maximum Gasteiger partial charge on any atom is 0.134 e. The molecule has 3 nitrogen and oxygen atoms in total. The Morgan fingerprint density at radius 1 is 1.75 bits per heavy atom. The first-order valence-corrected chi connectivity index (χ1v) is 2.40. The van der Waals surface area contributed by atoms with Gasteiger partial charge in [-0.25, -0.2) is 5.48 Å². The lowest BCUT2D eigenvalue weighted by atomic mass is 10.5. The minimum atomic E-state index is 0.868. The molecule has 0 saturated heterocycles. The van der Waals surface area contributed by atoms with Crippen LogP contribution in [0.3, 0.4) is 0 Å². The van der Waals surface area contributed by atoms with Crippen LogP contribution in [0.2, 0.25) is 0 Å². The third-order valence-corrected chi connectivity index (χ3v) is 0.848. The Morgan fingerprint density at radius 2 is 2.62 bits per heavy atom. The van der Waals surface area contributed by atoms with Gasteiger partial charge in [-0.2, -0.15) is 0 Å². The smallest absolute Gasteiger partial charge is 0.134 e. The number of nitrogens with one attached hydrogen (secondary N) is 2. The zero-order valence-corrected chi connectivity index (χ0v) is 4.64. The lowest BCUT2D eigenvalue weighted by Gasteiger charge is -2.09. The van der Waals surface area contributed by atoms with Gasteiger partial charge < -0.3 is 10.2 Å². The van der Waals surface area contributed by atoms with Crippen molar-refractivity contribution in [3.8, 4) is 0 Å². The Kier molecular flexibility index (Phi) is 1.42. The van der Waals surface area contributed by atoms with Crippen LogP contribution < -0.4 is 10.8 Å². The molecule has 0 saturated carbocycles. The fourth-order valence-corrected chi connectivity index (χ4v) is 0.441. The highest BCUT2D eigenvalue weighted by Gasteiger charge is 1.90. The first-order valence-electron chi connectivity index (χ1n) is 2.40. The van der Waals surface area contributed by atoms with Crippen molar-refractivity contribution < 1.29 is 4.84 Å². The standard InChI is InChI=1S/C5H8N2O/c1-6-5-3-2-4-8-7-5/h2-4,6-7H,1H3. The highest BCUT2D eigenvalue weighted by molar-refractivity contribution is 5.08. The fraction of sp³-hybridized carbons (Fsp3) is 0.200. The lowest BCUT2D eigenvalue weighted by Crippen LogP contribution is -2.23. The molecule has 0 unspecified atom stereocenters. The molecular formula is C5H8N2O. The summed E-state index contributed by atoms with van der Waals surface area (Å²) in [7, 11) is 1.82. The van der Waals surface area contributed by atoms with E-state index in [1.54, 1.807) is 6.26 Å². The van der Waals surface area contributed by atoms with Gasteiger partial charge in [0.15, 0.2) is 0 Å². The molecule has 0 atom stereocenters. The summed E-state index contributed by atoms with van der Waals surface area (Å²) in [5, 5.41) is 2.88. The summed E-state index contributed by atoms with van der Waals surface area (Å²) in [4.78, 5) is 4.71. The molecule has 0 bridgehead atoms. The average Bonchev–Trinajstić information content (AvgIpc) is 1.90. The van der Waals surface area contributed by atoms with E-state index in [0.29, 0.717) is 0 Å². The summed E-state index contributed by atoms with van der Waals surface area (Å²) >= 11 is 0. The number of hydrogen-bond acceptors (Lipinski definition) is 3. The molecular weight excluding hydrogens is 104 g/mol. The maximum absolute atomic E-state index is 4.71. The van der Waals surface area contributed by atoms with Gasteiger partial charge in [0.2, 0.25) is 0 Å². The van der Waals surface area contributed by atoms with Crippen molar-refractivity contribution in [1.29, 1.82) is 0 Å². The van der Waals surface area contributed by atoms with Gasteiger partial charge in [-0.15, -0.1) is 0 Å². The average molecular weight is 112 g/mol. The number of allylic oxidation sites excluding steroid dienone is 2. The molecule has 0 spiro atoms. The summed E-state index contributed by atoms with van der Waals surface area (Å²) < 4.78 is 0. The molecule has 0 radical (unpaired) electrons. The van der Waals surface area contributed by atoms with Crippen LogP contribution in [0.25, 0.3) is 0 Å². The Balaban J connectivity index is 2.50. The summed E-state index contributed by atoms with van der Waals surface area (Å²) in [5.41, 5.74) is 2.63. The molecule has 1 rings (SSSR count). The SMILES string of the molecule is CNC1=CC=CON1. The first kappa shape index (κ1) is 5.03. The van der Waals surface area contributed by atoms with E-state index in [0.717, 1.165) is 5.82 Å². The third kappa shape index (κ3) is 0.932. The van der Waals surface area contributed by atoms with Gasteiger partial charge >= 0.3 is 0 Å². The van der Waals surface area contributed by atoms with Crippen LogP contribution in [0.4, 0.5) is 0 Å². The molecule has 2 N–H and O–H groups in total. The number of hydrogen-bond donors (Lipinski definition) is 2. The number of rotatable bonds is 1. The highest BCUT2D eigenvalue weighted by atomic mass is 16.6. The van der Waals surface area contributed by atoms with Gasteiger partial charge in [-0.1, -0.05) is 0 Å². The van der Waals surface area contributed by atoms with Crippen LogP contribution >= 0.6 is 0 Å². The van der Waals surface area contributed by atoms with E-state index in [9.17, 15) is 0 Å². The largest absolute Gasteiger partial charge is 0.389 e. The van der Waals surface area contributed by atoms with E-state index >= 15 is 0 Å². The predicted molar refractivity (Wildman–Crippen MR) is 30.5 cm³/mol. The molecule has 0 amide bonds. The lowest BCUT2D eigenvalue weighted by molar-refractivity contribution is 0.153. The van der Waals surface area contributed by atoms with Gasteiger partial charge in [-0.3, -0.25) is 0 Å². The van der Waals surface area contributed by atoms with Gasteiger partial charge in [0.25, 0.3) is 0 Å². The maximum atomic E-state index is 4.71. The van der Waals surface area contributed by atoms with Gasteiger partial charge in [0.1, 0.15) is 12.1 Å². The van der Waals surface area contributed by atoms with Crippen LogP contribution in [-0.2, 0) is 4.84 Å². The van der Waals surface area contributed by atoms with Crippen LogP contribution in [0.5, 0.6) is 0 Å². The molecule has 0 fully saturated rings. The molecule has 8 heavy (non-hydrogen) atoms. The van der Waals surface area contributed by atoms with E-state index in [-0.39, 0.29) is 0 Å². The molecule has 1 aliphatic rings. The van der Waals surface area contributed by atoms with Crippen LogP contribution in [0.15, 0.2) is 24.2 Å². The zero-order chi connectivity index (χ0) is 5.82. The van der Waals surface area contributed by atoms with Gasteiger partial charge in [0.05, 0.1) is 0 Å². The van der Waals surface area contributed by atoms with E-state index in [4.69, 9.17) is 4.84 Å².